The molecule has 0 atom stereocenters. The van der Waals surface area contributed by atoms with Crippen LogP contribution in [0.4, 0.5) is 5.69 Å². The van der Waals surface area contributed by atoms with E-state index in [-0.39, 0.29) is 35.5 Å². The van der Waals surface area contributed by atoms with Gasteiger partial charge in [-0.05, 0) is 30.5 Å². The first kappa shape index (κ1) is 25.0. The lowest BCUT2D eigenvalue weighted by Crippen LogP contribution is -2.40. The number of amides is 2. The third kappa shape index (κ3) is 6.66. The zero-order chi connectivity index (χ0) is 23.1. The van der Waals surface area contributed by atoms with Crippen molar-refractivity contribution in [1.29, 1.82) is 0 Å². The molecule has 8 nitrogen and oxygen atoms in total. The number of hydrogen-bond acceptors (Lipinski definition) is 5. The minimum absolute atomic E-state index is 0.0580. The molecule has 10 heteroatoms. The van der Waals surface area contributed by atoms with Crippen LogP contribution in [0, 0.1) is 5.92 Å². The molecular weight excluding hydrogens is 454 g/mol. The van der Waals surface area contributed by atoms with Gasteiger partial charge in [0, 0.05) is 32.2 Å². The highest BCUT2D eigenvalue weighted by Gasteiger charge is 2.29. The van der Waals surface area contributed by atoms with Crippen LogP contribution in [0.1, 0.15) is 44.9 Å². The molecule has 1 saturated carbocycles. The van der Waals surface area contributed by atoms with E-state index in [0.29, 0.717) is 31.2 Å². The monoisotopic (exact) mass is 485 g/mol. The zero-order valence-corrected chi connectivity index (χ0v) is 20.1. The number of benzene rings is 1. The Balaban J connectivity index is 1.56. The number of likely N-dealkylation sites (N-methyl/N-ethyl adjacent to an activating group) is 1. The summed E-state index contributed by atoms with van der Waals surface area (Å²) >= 11 is 6.16. The summed E-state index contributed by atoms with van der Waals surface area (Å²) in [6.07, 6.45) is 7.43. The summed E-state index contributed by atoms with van der Waals surface area (Å²) in [5, 5.41) is 2.76. The lowest BCUT2D eigenvalue weighted by atomic mass is 9.86. The number of carbonyl (C=O) groups excluding carboxylic acids is 2. The maximum atomic E-state index is 12.9. The van der Waals surface area contributed by atoms with Crippen LogP contribution in [-0.2, 0) is 24.3 Å². The van der Waals surface area contributed by atoms with E-state index < -0.39 is 15.9 Å². The van der Waals surface area contributed by atoms with Crippen molar-refractivity contribution in [2.75, 3.05) is 45.2 Å². The van der Waals surface area contributed by atoms with E-state index in [1.165, 1.54) is 53.4 Å². The predicted molar refractivity (Wildman–Crippen MR) is 123 cm³/mol. The van der Waals surface area contributed by atoms with Gasteiger partial charge in [0.1, 0.15) is 4.90 Å². The van der Waals surface area contributed by atoms with Gasteiger partial charge >= 0.3 is 0 Å². The van der Waals surface area contributed by atoms with Crippen LogP contribution in [0.15, 0.2) is 23.1 Å². The molecule has 0 unspecified atom stereocenters. The average Bonchev–Trinajstić information content (AvgIpc) is 2.79. The topological polar surface area (TPSA) is 96.0 Å². The first-order valence-electron chi connectivity index (χ1n) is 11.2. The first-order chi connectivity index (χ1) is 15.3. The molecule has 1 aromatic carbocycles. The van der Waals surface area contributed by atoms with Gasteiger partial charge in [-0.3, -0.25) is 9.59 Å². The summed E-state index contributed by atoms with van der Waals surface area (Å²) in [4.78, 5) is 26.2. The van der Waals surface area contributed by atoms with E-state index in [0.717, 1.165) is 6.42 Å². The van der Waals surface area contributed by atoms with Crippen LogP contribution in [0.2, 0.25) is 5.02 Å². The van der Waals surface area contributed by atoms with Crippen molar-refractivity contribution < 1.29 is 22.7 Å². The van der Waals surface area contributed by atoms with Gasteiger partial charge in [-0.15, -0.1) is 0 Å². The highest BCUT2D eigenvalue weighted by molar-refractivity contribution is 7.89. The zero-order valence-electron chi connectivity index (χ0n) is 18.5. The second kappa shape index (κ2) is 11.4. The normalized spacial score (nSPS) is 18.3. The molecule has 1 aliphatic heterocycles. The van der Waals surface area contributed by atoms with Crippen molar-refractivity contribution in [2.24, 2.45) is 5.92 Å². The van der Waals surface area contributed by atoms with Gasteiger partial charge < -0.3 is 15.0 Å². The van der Waals surface area contributed by atoms with Crippen molar-refractivity contribution in [2.45, 2.75) is 49.8 Å². The Morgan fingerprint density at radius 2 is 1.88 bits per heavy atom. The molecule has 1 N–H and O–H groups in total. The number of halogens is 1. The van der Waals surface area contributed by atoms with Crippen LogP contribution >= 0.6 is 11.6 Å². The van der Waals surface area contributed by atoms with E-state index >= 15 is 0 Å². The van der Waals surface area contributed by atoms with E-state index in [1.54, 1.807) is 13.1 Å². The van der Waals surface area contributed by atoms with Crippen LogP contribution in [0.3, 0.4) is 0 Å². The van der Waals surface area contributed by atoms with Crippen molar-refractivity contribution in [3.63, 3.8) is 0 Å². The molecule has 0 radical (unpaired) electrons. The van der Waals surface area contributed by atoms with Crippen LogP contribution in [-0.4, -0.2) is 69.3 Å². The van der Waals surface area contributed by atoms with Crippen molar-refractivity contribution >= 4 is 39.1 Å². The van der Waals surface area contributed by atoms with E-state index in [2.05, 4.69) is 5.32 Å². The Morgan fingerprint density at radius 1 is 1.19 bits per heavy atom. The molecule has 0 aromatic heterocycles. The Morgan fingerprint density at radius 3 is 2.56 bits per heavy atom. The summed E-state index contributed by atoms with van der Waals surface area (Å²) in [6, 6.07) is 4.35. The standard InChI is InChI=1S/C22H32ClN3O5S/c1-25(22(28)10-7-17-5-3-2-4-6-17)16-21(27)24-18-8-9-19(23)20(15-18)32(29,30)26-11-13-31-14-12-26/h8-9,15,17H,2-7,10-14,16H2,1H3,(H,24,27). The number of carbonyl (C=O) groups is 2. The quantitative estimate of drug-likeness (QED) is 0.610. The molecule has 3 rings (SSSR count). The number of nitrogens with one attached hydrogen (secondary N) is 1. The minimum Gasteiger partial charge on any atom is -0.379 e. The molecule has 0 spiro atoms. The third-order valence-electron chi connectivity index (χ3n) is 6.10. The summed E-state index contributed by atoms with van der Waals surface area (Å²) in [6.45, 7) is 1.06. The number of nitrogens with zero attached hydrogens (tertiary/aromatic N) is 2. The number of sulfonamides is 1. The Hall–Kier alpha value is -1.68. The number of morpholine rings is 1. The average molecular weight is 486 g/mol. The highest BCUT2D eigenvalue weighted by atomic mass is 35.5. The first-order valence-corrected chi connectivity index (χ1v) is 13.0. The molecule has 0 bridgehead atoms. The smallest absolute Gasteiger partial charge is 0.244 e. The second-order valence-electron chi connectivity index (χ2n) is 8.50. The van der Waals surface area contributed by atoms with Gasteiger partial charge in [0.15, 0.2) is 0 Å². The maximum Gasteiger partial charge on any atom is 0.244 e. The minimum atomic E-state index is -3.80. The van der Waals surface area contributed by atoms with Gasteiger partial charge in [-0.25, -0.2) is 8.42 Å². The molecule has 178 valence electrons. The summed E-state index contributed by atoms with van der Waals surface area (Å²) in [5.41, 5.74) is 0.314. The van der Waals surface area contributed by atoms with Crippen LogP contribution in [0.5, 0.6) is 0 Å². The fourth-order valence-electron chi connectivity index (χ4n) is 4.20. The predicted octanol–water partition coefficient (Wildman–Crippen LogP) is 3.12. The summed E-state index contributed by atoms with van der Waals surface area (Å²) < 4.78 is 32.4. The van der Waals surface area contributed by atoms with Gasteiger partial charge in [0.2, 0.25) is 21.8 Å². The number of ether oxygens (including phenoxy) is 1. The van der Waals surface area contributed by atoms with E-state index in [1.807, 2.05) is 0 Å². The Kier molecular flexibility index (Phi) is 8.93. The molecule has 1 saturated heterocycles. The number of anilines is 1. The molecule has 1 heterocycles. The SMILES string of the molecule is CN(CC(=O)Nc1ccc(Cl)c(S(=O)(=O)N2CCOCC2)c1)C(=O)CCC1CCCCC1. The van der Waals surface area contributed by atoms with Gasteiger partial charge in [0.25, 0.3) is 0 Å². The lowest BCUT2D eigenvalue weighted by molar-refractivity contribution is -0.133. The molecule has 1 aromatic rings. The molecule has 32 heavy (non-hydrogen) atoms. The maximum absolute atomic E-state index is 12.9. The summed E-state index contributed by atoms with van der Waals surface area (Å²) in [5.74, 6) is 0.156. The number of hydrogen-bond donors (Lipinski definition) is 1. The largest absolute Gasteiger partial charge is 0.379 e. The fraction of sp³-hybridized carbons (Fsp3) is 0.636. The molecule has 2 amide bonds. The molecule has 1 aliphatic carbocycles. The Labute approximate surface area is 195 Å². The van der Waals surface area contributed by atoms with Gasteiger partial charge in [-0.1, -0.05) is 43.7 Å². The van der Waals surface area contributed by atoms with Crippen LogP contribution in [0.25, 0.3) is 0 Å². The lowest BCUT2D eigenvalue weighted by Gasteiger charge is -2.26. The molecular formula is C22H32ClN3O5S. The fourth-order valence-corrected chi connectivity index (χ4v) is 6.11. The van der Waals surface area contributed by atoms with E-state index in [4.69, 9.17) is 16.3 Å². The third-order valence-corrected chi connectivity index (χ3v) is 8.48. The van der Waals surface area contributed by atoms with E-state index in [9.17, 15) is 18.0 Å². The second-order valence-corrected chi connectivity index (χ2v) is 10.8. The molecule has 2 aliphatic rings. The van der Waals surface area contributed by atoms with Gasteiger partial charge in [0.05, 0.1) is 24.8 Å². The highest BCUT2D eigenvalue weighted by Crippen LogP contribution is 2.29. The number of rotatable bonds is 8. The van der Waals surface area contributed by atoms with Gasteiger partial charge in [-0.2, -0.15) is 4.31 Å². The molecule has 2 fully saturated rings. The Bertz CT molecular complexity index is 912. The van der Waals surface area contributed by atoms with Crippen molar-refractivity contribution in [3.8, 4) is 0 Å². The summed E-state index contributed by atoms with van der Waals surface area (Å²) in [7, 11) is -2.19. The van der Waals surface area contributed by atoms with Crippen molar-refractivity contribution in [1.82, 2.24) is 9.21 Å². The van der Waals surface area contributed by atoms with Crippen molar-refractivity contribution in [3.05, 3.63) is 23.2 Å². The van der Waals surface area contributed by atoms with Crippen LogP contribution < -0.4 is 5.32 Å².